The molecule has 0 aliphatic heterocycles. The quantitative estimate of drug-likeness (QED) is 0.549. The van der Waals surface area contributed by atoms with Gasteiger partial charge in [0.1, 0.15) is 0 Å². The fraction of sp³-hybridized carbons (Fsp3) is 0.500. The topological polar surface area (TPSA) is 9.23 Å². The van der Waals surface area contributed by atoms with Gasteiger partial charge in [-0.15, -0.1) is 12.1 Å². The van der Waals surface area contributed by atoms with Crippen LogP contribution in [-0.2, 0) is 0 Å². The summed E-state index contributed by atoms with van der Waals surface area (Å²) in [6.45, 7) is 9.15. The minimum atomic E-state index is 0. The molecule has 0 saturated carbocycles. The van der Waals surface area contributed by atoms with E-state index in [1.807, 2.05) is 26.0 Å². The van der Waals surface area contributed by atoms with E-state index in [4.69, 9.17) is 4.74 Å². The Hall–Kier alpha value is 0.266. The summed E-state index contributed by atoms with van der Waals surface area (Å²) in [5.74, 6) is 1.53. The zero-order valence-electron chi connectivity index (χ0n) is 9.93. The van der Waals surface area contributed by atoms with Crippen LogP contribution in [0.5, 0.6) is 5.75 Å². The van der Waals surface area contributed by atoms with E-state index in [1.165, 1.54) is 0 Å². The Labute approximate surface area is 120 Å². The molecular formula is C12H17BrMgO. The SMILES string of the molecule is Cc1[c-]c(C)cc(OCC(C)C)c1.[Br-].[Mg+2]. The normalized spacial score (nSPS) is 9.13. The first-order valence-corrected chi connectivity index (χ1v) is 4.71. The van der Waals surface area contributed by atoms with Crippen molar-refractivity contribution in [3.8, 4) is 5.75 Å². The van der Waals surface area contributed by atoms with Crippen LogP contribution in [0.2, 0.25) is 0 Å². The van der Waals surface area contributed by atoms with Crippen LogP contribution in [0.4, 0.5) is 0 Å². The molecule has 0 bridgehead atoms. The fourth-order valence-corrected chi connectivity index (χ4v) is 1.20. The van der Waals surface area contributed by atoms with Crippen LogP contribution in [0.15, 0.2) is 12.1 Å². The number of halogens is 1. The number of aryl methyl sites for hydroxylation is 2. The summed E-state index contributed by atoms with van der Waals surface area (Å²) in [4.78, 5) is 0. The summed E-state index contributed by atoms with van der Waals surface area (Å²) >= 11 is 0. The van der Waals surface area contributed by atoms with Gasteiger partial charge in [0.25, 0.3) is 0 Å². The van der Waals surface area contributed by atoms with Crippen molar-refractivity contribution >= 4 is 23.1 Å². The van der Waals surface area contributed by atoms with E-state index in [1.54, 1.807) is 0 Å². The van der Waals surface area contributed by atoms with Crippen LogP contribution in [0, 0.1) is 25.8 Å². The Balaban J connectivity index is 0. The van der Waals surface area contributed by atoms with E-state index in [-0.39, 0.29) is 40.0 Å². The largest absolute Gasteiger partial charge is 2.00 e. The van der Waals surface area contributed by atoms with Crippen LogP contribution in [-0.4, -0.2) is 29.7 Å². The minimum absolute atomic E-state index is 0. The first kappa shape index (κ1) is 17.7. The molecule has 0 atom stereocenters. The molecule has 0 aliphatic carbocycles. The van der Waals surface area contributed by atoms with E-state index in [2.05, 4.69) is 19.9 Å². The second kappa shape index (κ2) is 8.42. The van der Waals surface area contributed by atoms with E-state index < -0.39 is 0 Å². The Morgan fingerprint density at radius 3 is 2.07 bits per heavy atom. The molecule has 0 heterocycles. The standard InChI is InChI=1S/C12H17O.BrH.Mg/c1-9(2)8-13-12-6-10(3)5-11(4)7-12;;/h6-7,9H,8H2,1-4H3;1H;/q-1;;+2/p-1. The molecule has 1 rings (SSSR count). The van der Waals surface area contributed by atoms with Gasteiger partial charge in [-0.3, -0.25) is 0 Å². The Kier molecular flexibility index (Phi) is 9.91. The molecule has 0 saturated heterocycles. The van der Waals surface area contributed by atoms with Crippen LogP contribution < -0.4 is 21.7 Å². The monoisotopic (exact) mass is 280 g/mol. The van der Waals surface area contributed by atoms with Gasteiger partial charge in [0.05, 0.1) is 6.61 Å². The van der Waals surface area contributed by atoms with E-state index in [9.17, 15) is 0 Å². The van der Waals surface area contributed by atoms with Crippen LogP contribution >= 0.6 is 0 Å². The molecule has 0 unspecified atom stereocenters. The zero-order chi connectivity index (χ0) is 9.84. The van der Waals surface area contributed by atoms with Gasteiger partial charge in [-0.1, -0.05) is 27.7 Å². The Morgan fingerprint density at radius 1 is 1.20 bits per heavy atom. The number of rotatable bonds is 3. The summed E-state index contributed by atoms with van der Waals surface area (Å²) in [7, 11) is 0. The summed E-state index contributed by atoms with van der Waals surface area (Å²) in [5, 5.41) is 0. The maximum absolute atomic E-state index is 5.61. The van der Waals surface area contributed by atoms with Crippen molar-refractivity contribution in [3.05, 3.63) is 29.3 Å². The van der Waals surface area contributed by atoms with Crippen molar-refractivity contribution in [2.75, 3.05) is 6.61 Å². The predicted molar refractivity (Wildman–Crippen MR) is 60.8 cm³/mol. The van der Waals surface area contributed by atoms with E-state index in [0.717, 1.165) is 23.5 Å². The van der Waals surface area contributed by atoms with Crippen molar-refractivity contribution < 1.29 is 21.7 Å². The molecule has 1 nitrogen and oxygen atoms in total. The molecule has 80 valence electrons. The van der Waals surface area contributed by atoms with Crippen molar-refractivity contribution in [2.24, 2.45) is 5.92 Å². The van der Waals surface area contributed by atoms with Crippen molar-refractivity contribution in [1.29, 1.82) is 0 Å². The molecule has 3 heteroatoms. The minimum Gasteiger partial charge on any atom is -1.00 e. The summed E-state index contributed by atoms with van der Waals surface area (Å²) in [6.07, 6.45) is 0. The van der Waals surface area contributed by atoms with Crippen LogP contribution in [0.1, 0.15) is 25.0 Å². The molecule has 15 heavy (non-hydrogen) atoms. The fourth-order valence-electron chi connectivity index (χ4n) is 1.20. The average Bonchev–Trinajstić information content (AvgIpc) is 1.99. The second-order valence-electron chi connectivity index (χ2n) is 3.89. The third kappa shape index (κ3) is 7.20. The number of benzene rings is 1. The molecule has 0 fully saturated rings. The Bertz CT molecular complexity index is 267. The molecule has 1 aromatic carbocycles. The summed E-state index contributed by atoms with van der Waals surface area (Å²) < 4.78 is 5.61. The smallest absolute Gasteiger partial charge is 1.00 e. The maximum Gasteiger partial charge on any atom is 2.00 e. The molecule has 1 aromatic rings. The van der Waals surface area contributed by atoms with Crippen LogP contribution in [0.25, 0.3) is 0 Å². The first-order chi connectivity index (χ1) is 6.08. The second-order valence-corrected chi connectivity index (χ2v) is 3.89. The van der Waals surface area contributed by atoms with Crippen molar-refractivity contribution in [1.82, 2.24) is 0 Å². The third-order valence-corrected chi connectivity index (χ3v) is 1.70. The molecule has 0 spiro atoms. The number of ether oxygens (including phenoxy) is 1. The molecule has 0 aromatic heterocycles. The van der Waals surface area contributed by atoms with E-state index >= 15 is 0 Å². The third-order valence-electron chi connectivity index (χ3n) is 1.70. The first-order valence-electron chi connectivity index (χ1n) is 4.71. The maximum atomic E-state index is 5.61. The van der Waals surface area contributed by atoms with Gasteiger partial charge in [-0.05, 0) is 5.92 Å². The van der Waals surface area contributed by atoms with E-state index in [0.29, 0.717) is 5.92 Å². The molecule has 0 N–H and O–H groups in total. The van der Waals surface area contributed by atoms with Gasteiger partial charge in [0, 0.05) is 5.75 Å². The Morgan fingerprint density at radius 2 is 1.67 bits per heavy atom. The summed E-state index contributed by atoms with van der Waals surface area (Å²) in [6, 6.07) is 7.26. The van der Waals surface area contributed by atoms with Gasteiger partial charge in [0.2, 0.25) is 0 Å². The predicted octanol–water partition coefficient (Wildman–Crippen LogP) is -0.238. The van der Waals surface area contributed by atoms with Crippen LogP contribution in [0.3, 0.4) is 0 Å². The summed E-state index contributed by atoms with van der Waals surface area (Å²) in [5.41, 5.74) is 2.28. The van der Waals surface area contributed by atoms with Crippen molar-refractivity contribution in [2.45, 2.75) is 27.7 Å². The van der Waals surface area contributed by atoms with Gasteiger partial charge in [-0.25, -0.2) is 0 Å². The number of hydrogen-bond donors (Lipinski definition) is 0. The number of hydrogen-bond acceptors (Lipinski definition) is 1. The zero-order valence-corrected chi connectivity index (χ0v) is 12.9. The molecule has 0 amide bonds. The van der Waals surface area contributed by atoms with Gasteiger partial charge < -0.3 is 21.7 Å². The van der Waals surface area contributed by atoms with Gasteiger partial charge in [0.15, 0.2) is 0 Å². The van der Waals surface area contributed by atoms with Gasteiger partial charge >= 0.3 is 23.1 Å². The van der Waals surface area contributed by atoms with Gasteiger partial charge in [-0.2, -0.15) is 17.2 Å². The average molecular weight is 281 g/mol. The molecular weight excluding hydrogens is 264 g/mol. The van der Waals surface area contributed by atoms with Crippen molar-refractivity contribution in [3.63, 3.8) is 0 Å². The molecule has 0 radical (unpaired) electrons. The molecule has 0 aliphatic rings.